The second-order valence-corrected chi connectivity index (χ2v) is 10.8. The molecule has 2 N–H and O–H groups in total. The SMILES string of the molecule is CCc1c(Cl)c2c(c(C)c1C(=O)NCc1c(C)cc(C)[nH]c1=O)O[C@@H](C1CCC(N(C)C)CC1)CO2. The summed E-state index contributed by atoms with van der Waals surface area (Å²) >= 11 is 6.78. The number of aromatic nitrogens is 1. The first-order valence-corrected chi connectivity index (χ1v) is 13.3. The topological polar surface area (TPSA) is 83.7 Å². The number of rotatable bonds is 6. The molecule has 1 aromatic carbocycles. The highest BCUT2D eigenvalue weighted by Gasteiger charge is 2.36. The number of benzene rings is 1. The van der Waals surface area contributed by atoms with Gasteiger partial charge in [0.05, 0.1) is 10.6 Å². The highest BCUT2D eigenvalue weighted by molar-refractivity contribution is 6.33. The Morgan fingerprint density at radius 2 is 1.83 bits per heavy atom. The standard InChI is InChI=1S/C28H38ClN3O4/c1-7-20-23(28(34)30-13-21-15(2)12-16(3)31-27(21)33)17(4)25-26(24(20)29)35-14-22(36-25)18-8-10-19(11-9-18)32(5)6/h12,18-19,22H,7-11,13-14H2,1-6H3,(H,30,34)(H,31,33)/t18?,19?,22-/m1/s1. The van der Waals surface area contributed by atoms with E-state index in [9.17, 15) is 9.59 Å². The van der Waals surface area contributed by atoms with Crippen LogP contribution in [0.15, 0.2) is 10.9 Å². The summed E-state index contributed by atoms with van der Waals surface area (Å²) in [5.41, 5.74) is 3.95. The van der Waals surface area contributed by atoms with E-state index in [0.717, 1.165) is 48.1 Å². The van der Waals surface area contributed by atoms with Gasteiger partial charge in [-0.05, 0) is 90.1 Å². The zero-order valence-electron chi connectivity index (χ0n) is 22.2. The van der Waals surface area contributed by atoms with Crippen molar-refractivity contribution in [1.29, 1.82) is 0 Å². The average Bonchev–Trinajstić information content (AvgIpc) is 2.84. The van der Waals surface area contributed by atoms with Gasteiger partial charge in [-0.25, -0.2) is 0 Å². The summed E-state index contributed by atoms with van der Waals surface area (Å²) < 4.78 is 12.7. The fourth-order valence-electron chi connectivity index (χ4n) is 5.70. The molecule has 0 bridgehead atoms. The number of carbonyl (C=O) groups is 1. The van der Waals surface area contributed by atoms with Crippen LogP contribution in [0.3, 0.4) is 0 Å². The summed E-state index contributed by atoms with van der Waals surface area (Å²) in [4.78, 5) is 31.0. The Bertz CT molecular complexity index is 1200. The van der Waals surface area contributed by atoms with E-state index in [1.54, 1.807) is 0 Å². The number of H-pyrrole nitrogens is 1. The molecule has 1 saturated carbocycles. The molecule has 2 heterocycles. The number of amides is 1. The number of hydrogen-bond donors (Lipinski definition) is 2. The molecule has 2 aliphatic rings. The summed E-state index contributed by atoms with van der Waals surface area (Å²) in [6.07, 6.45) is 4.97. The predicted molar refractivity (Wildman–Crippen MR) is 143 cm³/mol. The molecule has 1 aromatic heterocycles. The molecule has 0 saturated heterocycles. The fraction of sp³-hybridized carbons (Fsp3) is 0.571. The van der Waals surface area contributed by atoms with Gasteiger partial charge in [-0.15, -0.1) is 0 Å². The molecule has 0 spiro atoms. The molecule has 1 atom stereocenters. The van der Waals surface area contributed by atoms with Crippen molar-refractivity contribution in [3.05, 3.63) is 55.0 Å². The third kappa shape index (κ3) is 5.14. The van der Waals surface area contributed by atoms with Crippen LogP contribution in [0.2, 0.25) is 5.02 Å². The number of aromatic amines is 1. The van der Waals surface area contributed by atoms with Gasteiger partial charge in [0.15, 0.2) is 11.5 Å². The van der Waals surface area contributed by atoms with Gasteiger partial charge in [0.1, 0.15) is 12.7 Å². The molecule has 36 heavy (non-hydrogen) atoms. The summed E-state index contributed by atoms with van der Waals surface area (Å²) in [5, 5.41) is 3.37. The number of pyridine rings is 1. The lowest BCUT2D eigenvalue weighted by Crippen LogP contribution is -2.41. The normalized spacial score (nSPS) is 21.5. The van der Waals surface area contributed by atoms with Crippen LogP contribution in [0.4, 0.5) is 0 Å². The van der Waals surface area contributed by atoms with Gasteiger partial charge >= 0.3 is 0 Å². The van der Waals surface area contributed by atoms with E-state index < -0.39 is 0 Å². The van der Waals surface area contributed by atoms with E-state index in [-0.39, 0.29) is 24.1 Å². The van der Waals surface area contributed by atoms with E-state index in [4.69, 9.17) is 21.1 Å². The van der Waals surface area contributed by atoms with Crippen molar-refractivity contribution in [2.45, 2.75) is 78.5 Å². The van der Waals surface area contributed by atoms with Crippen LogP contribution < -0.4 is 20.3 Å². The van der Waals surface area contributed by atoms with E-state index in [1.165, 1.54) is 0 Å². The Labute approximate surface area is 218 Å². The Hall–Kier alpha value is -2.51. The average molecular weight is 516 g/mol. The van der Waals surface area contributed by atoms with Gasteiger partial charge in [-0.3, -0.25) is 9.59 Å². The lowest BCUT2D eigenvalue weighted by atomic mass is 9.82. The van der Waals surface area contributed by atoms with Crippen molar-refractivity contribution in [2.75, 3.05) is 20.7 Å². The fourth-order valence-corrected chi connectivity index (χ4v) is 6.07. The highest BCUT2D eigenvalue weighted by atomic mass is 35.5. The monoisotopic (exact) mass is 515 g/mol. The lowest BCUT2D eigenvalue weighted by Gasteiger charge is -2.39. The number of ether oxygens (including phenoxy) is 2. The molecule has 0 unspecified atom stereocenters. The van der Waals surface area contributed by atoms with Crippen LogP contribution in [-0.2, 0) is 13.0 Å². The second-order valence-electron chi connectivity index (χ2n) is 10.4. The zero-order valence-corrected chi connectivity index (χ0v) is 23.0. The number of fused-ring (bicyclic) bond motifs is 1. The zero-order chi connectivity index (χ0) is 26.1. The van der Waals surface area contributed by atoms with Gasteiger partial charge < -0.3 is 24.7 Å². The van der Waals surface area contributed by atoms with Gasteiger partial charge in [0.25, 0.3) is 11.5 Å². The molecule has 2 aromatic rings. The second kappa shape index (κ2) is 10.9. The first-order valence-electron chi connectivity index (χ1n) is 12.9. The van der Waals surface area contributed by atoms with Crippen LogP contribution in [0.1, 0.15) is 70.9 Å². The molecule has 0 radical (unpaired) electrons. The van der Waals surface area contributed by atoms with Gasteiger partial charge in [-0.1, -0.05) is 18.5 Å². The molecule has 1 aliphatic carbocycles. The summed E-state index contributed by atoms with van der Waals surface area (Å²) in [6.45, 7) is 8.17. The van der Waals surface area contributed by atoms with Crippen LogP contribution in [0.25, 0.3) is 0 Å². The Balaban J connectivity index is 1.58. The minimum Gasteiger partial charge on any atom is -0.484 e. The third-order valence-electron chi connectivity index (χ3n) is 7.85. The Morgan fingerprint density at radius 1 is 1.14 bits per heavy atom. The van der Waals surface area contributed by atoms with E-state index in [0.29, 0.717) is 52.6 Å². The number of nitrogens with one attached hydrogen (secondary N) is 2. The molecule has 1 aliphatic heterocycles. The van der Waals surface area contributed by atoms with Crippen molar-refractivity contribution >= 4 is 17.5 Å². The maximum absolute atomic E-state index is 13.4. The van der Waals surface area contributed by atoms with Gasteiger partial charge in [0, 0.05) is 29.4 Å². The van der Waals surface area contributed by atoms with Crippen molar-refractivity contribution in [3.63, 3.8) is 0 Å². The first-order chi connectivity index (χ1) is 17.1. The van der Waals surface area contributed by atoms with Crippen molar-refractivity contribution in [3.8, 4) is 11.5 Å². The highest BCUT2D eigenvalue weighted by Crippen LogP contribution is 2.47. The van der Waals surface area contributed by atoms with Crippen LogP contribution in [0.5, 0.6) is 11.5 Å². The van der Waals surface area contributed by atoms with Crippen LogP contribution in [-0.4, -0.2) is 48.6 Å². The van der Waals surface area contributed by atoms with Crippen molar-refractivity contribution in [2.24, 2.45) is 5.92 Å². The van der Waals surface area contributed by atoms with Crippen LogP contribution in [0, 0.1) is 26.7 Å². The van der Waals surface area contributed by atoms with E-state index in [1.807, 2.05) is 33.8 Å². The Kier molecular flexibility index (Phi) is 8.00. The molecule has 196 valence electrons. The molecule has 1 amide bonds. The van der Waals surface area contributed by atoms with Gasteiger partial charge in [0.2, 0.25) is 0 Å². The molecular formula is C28H38ClN3O4. The number of halogens is 1. The largest absolute Gasteiger partial charge is 0.484 e. The third-order valence-corrected chi connectivity index (χ3v) is 8.25. The van der Waals surface area contributed by atoms with E-state index >= 15 is 0 Å². The number of nitrogens with zero attached hydrogens (tertiary/aromatic N) is 1. The predicted octanol–water partition coefficient (Wildman–Crippen LogP) is 4.71. The van der Waals surface area contributed by atoms with Gasteiger partial charge in [-0.2, -0.15) is 0 Å². The lowest BCUT2D eigenvalue weighted by molar-refractivity contribution is 0.0239. The Morgan fingerprint density at radius 3 is 2.44 bits per heavy atom. The van der Waals surface area contributed by atoms with Crippen LogP contribution >= 0.6 is 11.6 Å². The van der Waals surface area contributed by atoms with Crippen molar-refractivity contribution in [1.82, 2.24) is 15.2 Å². The minimum absolute atomic E-state index is 0.0625. The summed E-state index contributed by atoms with van der Waals surface area (Å²) in [7, 11) is 4.28. The first kappa shape index (κ1) is 26.6. The molecule has 7 nitrogen and oxygen atoms in total. The van der Waals surface area contributed by atoms with E-state index in [2.05, 4.69) is 29.3 Å². The van der Waals surface area contributed by atoms with Crippen molar-refractivity contribution < 1.29 is 14.3 Å². The number of hydrogen-bond acceptors (Lipinski definition) is 5. The minimum atomic E-state index is -0.273. The maximum Gasteiger partial charge on any atom is 0.253 e. The maximum atomic E-state index is 13.4. The molecule has 8 heteroatoms. The smallest absolute Gasteiger partial charge is 0.253 e. The quantitative estimate of drug-likeness (QED) is 0.582. The molecular weight excluding hydrogens is 478 g/mol. The number of aryl methyl sites for hydroxylation is 2. The number of carbonyl (C=O) groups excluding carboxylic acids is 1. The summed E-state index contributed by atoms with van der Waals surface area (Å²) in [5.74, 6) is 1.24. The summed E-state index contributed by atoms with van der Waals surface area (Å²) in [6, 6.07) is 2.51. The molecule has 1 fully saturated rings. The molecule has 4 rings (SSSR count).